The third-order valence-corrected chi connectivity index (χ3v) is 3.90. The number of carboxylic acid groups (broad SMARTS) is 1. The Labute approximate surface area is 163 Å². The first-order valence-corrected chi connectivity index (χ1v) is 9.33. The van der Waals surface area contributed by atoms with E-state index in [1.165, 1.54) is 11.1 Å². The molecular formula is C20H28N3O3P. The molecule has 0 radical (unpaired) electrons. The molecule has 0 saturated carbocycles. The molecule has 0 heterocycles. The zero-order chi connectivity index (χ0) is 20.8. The van der Waals surface area contributed by atoms with Crippen LogP contribution in [-0.2, 0) is 9.59 Å². The minimum absolute atomic E-state index is 0.0310. The van der Waals surface area contributed by atoms with Crippen molar-refractivity contribution in [2.75, 3.05) is 11.9 Å². The third-order valence-electron chi connectivity index (χ3n) is 3.42. The SMILES string of the molecule is C/C=C(Nc1ccc(C)cc1P)\C(=C/N(C=O)CCCC#N)C(=O)O.CC. The summed E-state index contributed by atoms with van der Waals surface area (Å²) < 4.78 is 0. The van der Waals surface area contributed by atoms with Gasteiger partial charge in [-0.3, -0.25) is 4.79 Å². The molecule has 2 N–H and O–H groups in total. The smallest absolute Gasteiger partial charge is 0.339 e. The van der Waals surface area contributed by atoms with Gasteiger partial charge in [0.05, 0.1) is 17.3 Å². The van der Waals surface area contributed by atoms with Crippen molar-refractivity contribution in [2.45, 2.75) is 40.5 Å². The van der Waals surface area contributed by atoms with Crippen molar-refractivity contribution >= 4 is 32.6 Å². The lowest BCUT2D eigenvalue weighted by Crippen LogP contribution is -2.21. The number of hydrogen-bond acceptors (Lipinski definition) is 4. The average Bonchev–Trinajstić information content (AvgIpc) is 2.66. The topological polar surface area (TPSA) is 93.4 Å². The summed E-state index contributed by atoms with van der Waals surface area (Å²) in [5.41, 5.74) is 2.21. The molecule has 1 amide bonds. The predicted molar refractivity (Wildman–Crippen MR) is 113 cm³/mol. The number of nitrogens with zero attached hydrogens (tertiary/aromatic N) is 2. The number of nitrogens with one attached hydrogen (secondary N) is 1. The molecule has 0 fully saturated rings. The number of benzene rings is 1. The molecule has 0 spiro atoms. The lowest BCUT2D eigenvalue weighted by molar-refractivity contribution is -0.132. The van der Waals surface area contributed by atoms with Crippen molar-refractivity contribution in [3.05, 3.63) is 47.3 Å². The minimum Gasteiger partial charge on any atom is -0.478 e. The van der Waals surface area contributed by atoms with Gasteiger partial charge in [0.15, 0.2) is 0 Å². The molecule has 0 aromatic heterocycles. The fourth-order valence-electron chi connectivity index (χ4n) is 2.13. The number of unbranched alkanes of at least 4 members (excludes halogenated alkanes) is 1. The molecule has 6 nitrogen and oxygen atoms in total. The molecule has 0 aliphatic carbocycles. The highest BCUT2D eigenvalue weighted by Crippen LogP contribution is 2.18. The zero-order valence-corrected chi connectivity index (χ0v) is 17.5. The van der Waals surface area contributed by atoms with Crippen molar-refractivity contribution in [2.24, 2.45) is 0 Å². The first-order chi connectivity index (χ1) is 12.9. The normalized spacial score (nSPS) is 11.0. The fourth-order valence-corrected chi connectivity index (χ4v) is 2.56. The Morgan fingerprint density at radius 2 is 2.07 bits per heavy atom. The van der Waals surface area contributed by atoms with Gasteiger partial charge >= 0.3 is 5.97 Å². The second kappa shape index (κ2) is 13.5. The maximum absolute atomic E-state index is 11.7. The number of carbonyl (C=O) groups excluding carboxylic acids is 1. The molecule has 7 heteroatoms. The molecule has 1 unspecified atom stereocenters. The number of nitriles is 1. The van der Waals surface area contributed by atoms with Crippen molar-refractivity contribution < 1.29 is 14.7 Å². The molecule has 1 atom stereocenters. The second-order valence-corrected chi connectivity index (χ2v) is 5.99. The van der Waals surface area contributed by atoms with Crippen LogP contribution in [0.1, 0.15) is 39.2 Å². The van der Waals surface area contributed by atoms with Gasteiger partial charge in [-0.25, -0.2) is 4.79 Å². The fraction of sp³-hybridized carbons (Fsp3) is 0.350. The van der Waals surface area contributed by atoms with E-state index in [0.29, 0.717) is 24.9 Å². The van der Waals surface area contributed by atoms with Crippen LogP contribution in [0.3, 0.4) is 0 Å². The highest BCUT2D eigenvalue weighted by molar-refractivity contribution is 7.28. The standard InChI is InChI=1S/C18H22N3O3P.C2H6/c1-3-15(20-16-7-6-13(2)10-17(16)25)14(18(23)24)11-21(12-22)9-5-4-8-19;1-2/h3,6-7,10-12,20H,4-5,9,25H2,1-2H3,(H,23,24);1-2H3/b14-11+,15-3+;. The third kappa shape index (κ3) is 8.52. The number of aryl methyl sites for hydroxylation is 1. The molecule has 0 aliphatic rings. The van der Waals surface area contributed by atoms with E-state index in [1.54, 1.807) is 13.0 Å². The quantitative estimate of drug-likeness (QED) is 0.221. The van der Waals surface area contributed by atoms with Crippen LogP contribution in [-0.4, -0.2) is 28.9 Å². The van der Waals surface area contributed by atoms with Gasteiger partial charge in [0.1, 0.15) is 0 Å². The Hall–Kier alpha value is -2.64. The van der Waals surface area contributed by atoms with Gasteiger partial charge in [0.25, 0.3) is 0 Å². The first-order valence-electron chi connectivity index (χ1n) is 8.75. The van der Waals surface area contributed by atoms with E-state index in [-0.39, 0.29) is 12.1 Å². The van der Waals surface area contributed by atoms with Crippen LogP contribution < -0.4 is 10.6 Å². The number of allylic oxidation sites excluding steroid dienone is 1. The molecular weight excluding hydrogens is 361 g/mol. The lowest BCUT2D eigenvalue weighted by atomic mass is 10.1. The van der Waals surface area contributed by atoms with Gasteiger partial charge in [-0.1, -0.05) is 37.6 Å². The van der Waals surface area contributed by atoms with Gasteiger partial charge in [-0.2, -0.15) is 5.26 Å². The maximum atomic E-state index is 11.7. The Bertz CT molecular complexity index is 736. The van der Waals surface area contributed by atoms with Crippen molar-refractivity contribution in [3.8, 4) is 6.07 Å². The van der Waals surface area contributed by atoms with Crippen molar-refractivity contribution in [3.63, 3.8) is 0 Å². The van der Waals surface area contributed by atoms with Gasteiger partial charge in [-0.15, -0.1) is 9.24 Å². The summed E-state index contributed by atoms with van der Waals surface area (Å²) in [4.78, 5) is 24.1. The van der Waals surface area contributed by atoms with Crippen LogP contribution in [0.4, 0.5) is 5.69 Å². The van der Waals surface area contributed by atoms with E-state index in [9.17, 15) is 14.7 Å². The van der Waals surface area contributed by atoms with Crippen LogP contribution in [0.2, 0.25) is 0 Å². The highest BCUT2D eigenvalue weighted by Gasteiger charge is 2.16. The molecule has 146 valence electrons. The van der Waals surface area contributed by atoms with E-state index >= 15 is 0 Å². The van der Waals surface area contributed by atoms with Crippen molar-refractivity contribution in [1.29, 1.82) is 5.26 Å². The van der Waals surface area contributed by atoms with Crippen LogP contribution in [0.25, 0.3) is 0 Å². The van der Waals surface area contributed by atoms with Gasteiger partial charge < -0.3 is 15.3 Å². The summed E-state index contributed by atoms with van der Waals surface area (Å²) in [6, 6.07) is 7.75. The zero-order valence-electron chi connectivity index (χ0n) is 16.3. The highest BCUT2D eigenvalue weighted by atomic mass is 31.0. The van der Waals surface area contributed by atoms with E-state index in [4.69, 9.17) is 5.26 Å². The summed E-state index contributed by atoms with van der Waals surface area (Å²) in [7, 11) is 2.61. The van der Waals surface area contributed by atoms with Crippen LogP contribution in [0, 0.1) is 18.3 Å². The maximum Gasteiger partial charge on any atom is 0.339 e. The molecule has 1 aromatic rings. The Morgan fingerprint density at radius 1 is 1.41 bits per heavy atom. The first kappa shape index (κ1) is 24.4. The molecule has 1 aromatic carbocycles. The summed E-state index contributed by atoms with van der Waals surface area (Å²) in [5, 5.41) is 22.1. The monoisotopic (exact) mass is 389 g/mol. The van der Waals surface area contributed by atoms with Gasteiger partial charge in [-0.05, 0) is 31.6 Å². The van der Waals surface area contributed by atoms with E-state index < -0.39 is 5.97 Å². The second-order valence-electron chi connectivity index (χ2n) is 5.37. The van der Waals surface area contributed by atoms with Crippen molar-refractivity contribution in [1.82, 2.24) is 4.90 Å². The summed E-state index contributed by atoms with van der Waals surface area (Å²) in [5.74, 6) is -1.15. The summed E-state index contributed by atoms with van der Waals surface area (Å²) in [6.07, 6.45) is 4.26. The Morgan fingerprint density at radius 3 is 2.56 bits per heavy atom. The summed E-state index contributed by atoms with van der Waals surface area (Å²) >= 11 is 0. The molecule has 0 aliphatic heterocycles. The lowest BCUT2D eigenvalue weighted by Gasteiger charge is -2.17. The largest absolute Gasteiger partial charge is 0.478 e. The average molecular weight is 389 g/mol. The number of amides is 1. The van der Waals surface area contributed by atoms with Gasteiger partial charge in [0, 0.05) is 24.9 Å². The number of carbonyl (C=O) groups is 2. The molecule has 0 saturated heterocycles. The summed E-state index contributed by atoms with van der Waals surface area (Å²) in [6.45, 7) is 7.97. The number of carboxylic acids is 1. The molecule has 27 heavy (non-hydrogen) atoms. The van der Waals surface area contributed by atoms with Crippen LogP contribution in [0.5, 0.6) is 0 Å². The molecule has 1 rings (SSSR count). The number of aliphatic carboxylic acids is 1. The van der Waals surface area contributed by atoms with Crippen LogP contribution >= 0.6 is 9.24 Å². The molecule has 0 bridgehead atoms. The number of hydrogen-bond donors (Lipinski definition) is 2. The number of anilines is 1. The van der Waals surface area contributed by atoms with Crippen LogP contribution in [0.15, 0.2) is 41.7 Å². The Balaban J connectivity index is 0.00000326. The minimum atomic E-state index is -1.15. The van der Waals surface area contributed by atoms with E-state index in [0.717, 1.165) is 16.6 Å². The van der Waals surface area contributed by atoms with E-state index in [1.807, 2.05) is 45.0 Å². The Kier molecular flexibility index (Phi) is 12.2. The predicted octanol–water partition coefficient (Wildman–Crippen LogP) is 3.57. The van der Waals surface area contributed by atoms with Gasteiger partial charge in [0.2, 0.25) is 6.41 Å². The number of rotatable bonds is 9. The van der Waals surface area contributed by atoms with E-state index in [2.05, 4.69) is 14.6 Å².